The van der Waals surface area contributed by atoms with E-state index in [1.54, 1.807) is 12.1 Å². The van der Waals surface area contributed by atoms with Gasteiger partial charge >= 0.3 is 0 Å². The summed E-state index contributed by atoms with van der Waals surface area (Å²) in [5.74, 6) is 2.15. The molecule has 0 spiro atoms. The van der Waals surface area contributed by atoms with Crippen LogP contribution in [0.2, 0.25) is 0 Å². The lowest BCUT2D eigenvalue weighted by atomic mass is 9.48. The van der Waals surface area contributed by atoms with Crippen molar-refractivity contribution >= 4 is 28.2 Å². The van der Waals surface area contributed by atoms with Gasteiger partial charge in [0.15, 0.2) is 0 Å². The molecule has 4 saturated carbocycles. The second kappa shape index (κ2) is 7.12. The molecule has 4 aliphatic carbocycles. The minimum atomic E-state index is -0.450. The van der Waals surface area contributed by atoms with Crippen molar-refractivity contribution in [2.45, 2.75) is 43.9 Å². The van der Waals surface area contributed by atoms with Gasteiger partial charge in [-0.1, -0.05) is 18.2 Å². The largest absolute Gasteiger partial charge is 0.321 e. The summed E-state index contributed by atoms with van der Waals surface area (Å²) in [5, 5.41) is 14.9. The van der Waals surface area contributed by atoms with E-state index in [0.29, 0.717) is 11.4 Å². The summed E-state index contributed by atoms with van der Waals surface area (Å²) in [6, 6.07) is 16.1. The molecule has 4 bridgehead atoms. The Bertz CT molecular complexity index is 1200. The molecule has 6 nitrogen and oxygen atoms in total. The molecule has 4 fully saturated rings. The number of non-ortho nitro benzene ring substituents is 1. The molecule has 1 heterocycles. The van der Waals surface area contributed by atoms with Gasteiger partial charge in [0.1, 0.15) is 5.69 Å². The lowest BCUT2D eigenvalue weighted by Crippen LogP contribution is -2.48. The third kappa shape index (κ3) is 3.17. The molecule has 0 atom stereocenters. The van der Waals surface area contributed by atoms with E-state index in [-0.39, 0.29) is 17.0 Å². The molecule has 0 radical (unpaired) electrons. The van der Waals surface area contributed by atoms with Gasteiger partial charge in [-0.3, -0.25) is 14.9 Å². The molecule has 0 aliphatic heterocycles. The highest BCUT2D eigenvalue weighted by Gasteiger charge is 2.52. The predicted octanol–water partition coefficient (Wildman–Crippen LogP) is 5.86. The van der Waals surface area contributed by atoms with Crippen LogP contribution in [0, 0.1) is 27.9 Å². The maximum Gasteiger partial charge on any atom is 0.274 e. The Hall–Kier alpha value is -3.28. The third-order valence-corrected chi connectivity index (χ3v) is 7.89. The highest BCUT2D eigenvalue weighted by atomic mass is 16.6. The molecule has 6 heteroatoms. The molecular formula is C26H25N3O3. The van der Waals surface area contributed by atoms with Gasteiger partial charge in [0.25, 0.3) is 11.6 Å². The summed E-state index contributed by atoms with van der Waals surface area (Å²) >= 11 is 0. The normalized spacial score (nSPS) is 28.1. The van der Waals surface area contributed by atoms with Gasteiger partial charge in [-0.15, -0.1) is 0 Å². The molecule has 32 heavy (non-hydrogen) atoms. The maximum absolute atomic E-state index is 13.1. The molecule has 1 amide bonds. The van der Waals surface area contributed by atoms with Gasteiger partial charge in [-0.25, -0.2) is 4.98 Å². The summed E-state index contributed by atoms with van der Waals surface area (Å²) < 4.78 is 0. The Morgan fingerprint density at radius 2 is 1.59 bits per heavy atom. The van der Waals surface area contributed by atoms with Crippen LogP contribution in [-0.2, 0) is 5.41 Å². The summed E-state index contributed by atoms with van der Waals surface area (Å²) in [6.07, 6.45) is 7.77. The summed E-state index contributed by atoms with van der Waals surface area (Å²) in [4.78, 5) is 28.3. The van der Waals surface area contributed by atoms with Gasteiger partial charge in [-0.05, 0) is 91.5 Å². The molecule has 4 aliphatic rings. The summed E-state index contributed by atoms with van der Waals surface area (Å²) in [5.41, 5.74) is 3.22. The molecule has 1 N–H and O–H groups in total. The van der Waals surface area contributed by atoms with Crippen molar-refractivity contribution in [1.29, 1.82) is 0 Å². The van der Waals surface area contributed by atoms with Crippen LogP contribution in [0.15, 0.2) is 54.6 Å². The minimum Gasteiger partial charge on any atom is -0.321 e. The molecule has 2 aromatic carbocycles. The van der Waals surface area contributed by atoms with E-state index in [1.807, 2.05) is 18.2 Å². The van der Waals surface area contributed by atoms with Gasteiger partial charge in [-0.2, -0.15) is 0 Å². The van der Waals surface area contributed by atoms with Crippen molar-refractivity contribution < 1.29 is 9.72 Å². The summed E-state index contributed by atoms with van der Waals surface area (Å²) in [6.45, 7) is 0. The first kappa shape index (κ1) is 19.4. The number of fused-ring (bicyclic) bond motifs is 1. The molecular weight excluding hydrogens is 402 g/mol. The number of nitro benzene ring substituents is 1. The van der Waals surface area contributed by atoms with Crippen LogP contribution in [0.1, 0.15) is 54.6 Å². The number of carbonyl (C=O) groups excluding carboxylic acids is 1. The van der Waals surface area contributed by atoms with Crippen molar-refractivity contribution in [2.75, 3.05) is 5.32 Å². The fourth-order valence-electron chi connectivity index (χ4n) is 7.03. The number of amides is 1. The van der Waals surface area contributed by atoms with Gasteiger partial charge in [0, 0.05) is 23.2 Å². The number of hydrogen-bond donors (Lipinski definition) is 1. The van der Waals surface area contributed by atoms with Crippen molar-refractivity contribution in [3.05, 3.63) is 76.0 Å². The number of hydrogen-bond acceptors (Lipinski definition) is 4. The van der Waals surface area contributed by atoms with E-state index in [2.05, 4.69) is 22.4 Å². The number of anilines is 1. The zero-order chi connectivity index (χ0) is 21.9. The Balaban J connectivity index is 1.38. The van der Waals surface area contributed by atoms with Crippen molar-refractivity contribution in [3.63, 3.8) is 0 Å². The van der Waals surface area contributed by atoms with Crippen LogP contribution in [-0.4, -0.2) is 15.8 Å². The number of carbonyl (C=O) groups is 1. The Morgan fingerprint density at radius 1 is 0.969 bits per heavy atom. The Labute approximate surface area is 186 Å². The van der Waals surface area contributed by atoms with Crippen LogP contribution >= 0.6 is 0 Å². The van der Waals surface area contributed by atoms with Crippen LogP contribution < -0.4 is 5.32 Å². The quantitative estimate of drug-likeness (QED) is 0.417. The lowest BCUT2D eigenvalue weighted by Gasteiger charge is -2.57. The number of pyridine rings is 1. The second-order valence-electron chi connectivity index (χ2n) is 10.0. The average Bonchev–Trinajstić information content (AvgIpc) is 2.77. The van der Waals surface area contributed by atoms with Crippen molar-refractivity contribution in [3.8, 4) is 0 Å². The zero-order valence-corrected chi connectivity index (χ0v) is 17.8. The number of nitro groups is 1. The first-order chi connectivity index (χ1) is 15.5. The molecule has 0 unspecified atom stereocenters. The predicted molar refractivity (Wildman–Crippen MR) is 123 cm³/mol. The van der Waals surface area contributed by atoms with Crippen LogP contribution in [0.25, 0.3) is 10.9 Å². The second-order valence-corrected chi connectivity index (χ2v) is 10.0. The topological polar surface area (TPSA) is 85.1 Å². The van der Waals surface area contributed by atoms with E-state index in [4.69, 9.17) is 0 Å². The van der Waals surface area contributed by atoms with Crippen LogP contribution in [0.4, 0.5) is 11.4 Å². The molecule has 0 saturated heterocycles. The number of rotatable bonds is 4. The SMILES string of the molecule is O=C(Nc1ccc([N+](=O)[O-])cc1)c1cc(C23CC4CC(CC(C4)C2)C3)c2ccccc2n1. The monoisotopic (exact) mass is 427 g/mol. The Kier molecular flexibility index (Phi) is 4.32. The van der Waals surface area contributed by atoms with Crippen LogP contribution in [0.5, 0.6) is 0 Å². The first-order valence-electron chi connectivity index (χ1n) is 11.5. The van der Waals surface area contributed by atoms with E-state index < -0.39 is 4.92 Å². The number of nitrogens with zero attached hydrogens (tertiary/aromatic N) is 2. The number of para-hydroxylation sites is 1. The first-order valence-corrected chi connectivity index (χ1v) is 11.5. The Morgan fingerprint density at radius 3 is 2.22 bits per heavy atom. The number of nitrogens with one attached hydrogen (secondary N) is 1. The van der Waals surface area contributed by atoms with Gasteiger partial charge in [0.2, 0.25) is 0 Å². The molecule has 162 valence electrons. The number of aromatic nitrogens is 1. The molecule has 7 rings (SSSR count). The summed E-state index contributed by atoms with van der Waals surface area (Å²) in [7, 11) is 0. The highest BCUT2D eigenvalue weighted by Crippen LogP contribution is 2.61. The maximum atomic E-state index is 13.1. The van der Waals surface area contributed by atoms with E-state index >= 15 is 0 Å². The van der Waals surface area contributed by atoms with Gasteiger partial charge < -0.3 is 5.32 Å². The van der Waals surface area contributed by atoms with Crippen molar-refractivity contribution in [2.24, 2.45) is 17.8 Å². The fraction of sp³-hybridized carbons (Fsp3) is 0.385. The van der Waals surface area contributed by atoms with E-state index in [0.717, 1.165) is 23.3 Å². The average molecular weight is 428 g/mol. The molecule has 3 aromatic rings. The third-order valence-electron chi connectivity index (χ3n) is 7.89. The minimum absolute atomic E-state index is 0.00377. The van der Waals surface area contributed by atoms with Crippen LogP contribution in [0.3, 0.4) is 0 Å². The fourth-order valence-corrected chi connectivity index (χ4v) is 7.03. The highest BCUT2D eigenvalue weighted by molar-refractivity contribution is 6.04. The van der Waals surface area contributed by atoms with Crippen molar-refractivity contribution in [1.82, 2.24) is 4.98 Å². The van der Waals surface area contributed by atoms with Gasteiger partial charge in [0.05, 0.1) is 10.4 Å². The smallest absolute Gasteiger partial charge is 0.274 e. The van der Waals surface area contributed by atoms with E-state index in [9.17, 15) is 14.9 Å². The zero-order valence-electron chi connectivity index (χ0n) is 17.8. The standard InChI is InChI=1S/C26H25N3O3/c30-25(27-19-5-7-20(8-6-19)29(31)32)24-12-22(21-3-1-2-4-23(21)28-24)26-13-16-9-17(14-26)11-18(10-16)15-26/h1-8,12,16-18H,9-11,13-15H2,(H,27,30). The number of benzene rings is 2. The molecule has 1 aromatic heterocycles. The van der Waals surface area contributed by atoms with E-state index in [1.165, 1.54) is 61.6 Å². The lowest BCUT2D eigenvalue weighted by molar-refractivity contribution is -0.384.